The summed E-state index contributed by atoms with van der Waals surface area (Å²) in [6.45, 7) is 10.5. The molecule has 3 rings (SSSR count). The Kier molecular flexibility index (Phi) is 4.57. The molecule has 3 aliphatic rings. The van der Waals surface area contributed by atoms with Gasteiger partial charge in [-0.05, 0) is 47.0 Å². The smallest absolute Gasteiger partial charge is 0.402 e. The van der Waals surface area contributed by atoms with Gasteiger partial charge in [-0.25, -0.2) is 5.01 Å². The molecule has 0 radical (unpaired) electrons. The van der Waals surface area contributed by atoms with Crippen molar-refractivity contribution in [1.29, 1.82) is 0 Å². The van der Waals surface area contributed by atoms with Crippen molar-refractivity contribution in [1.82, 2.24) is 15.8 Å². The summed E-state index contributed by atoms with van der Waals surface area (Å²) in [6, 6.07) is 0.367. The molecule has 0 aromatic heterocycles. The van der Waals surface area contributed by atoms with E-state index < -0.39 is 0 Å². The molecule has 3 unspecified atom stereocenters. The first-order valence-corrected chi connectivity index (χ1v) is 8.49. The summed E-state index contributed by atoms with van der Waals surface area (Å²) in [5, 5.41) is 5.91. The van der Waals surface area contributed by atoms with E-state index in [1.165, 1.54) is 6.42 Å². The summed E-state index contributed by atoms with van der Waals surface area (Å²) in [6.07, 6.45) is 3.31. The molecule has 0 aliphatic carbocycles. The van der Waals surface area contributed by atoms with E-state index in [9.17, 15) is 0 Å². The van der Waals surface area contributed by atoms with E-state index >= 15 is 0 Å². The predicted molar refractivity (Wildman–Crippen MR) is 86.2 cm³/mol. The minimum absolute atomic E-state index is 0.00312. The summed E-state index contributed by atoms with van der Waals surface area (Å²) in [7, 11) is 1.56. The first kappa shape index (κ1) is 16.7. The van der Waals surface area contributed by atoms with Crippen molar-refractivity contribution in [2.75, 3.05) is 20.2 Å². The highest BCUT2D eigenvalue weighted by Gasteiger charge is 2.55. The molecule has 126 valence electrons. The Hall–Kier alpha value is -0.175. The number of hydrogen-bond donors (Lipinski definition) is 2. The van der Waals surface area contributed by atoms with E-state index in [-0.39, 0.29) is 30.5 Å². The van der Waals surface area contributed by atoms with Crippen molar-refractivity contribution < 1.29 is 14.0 Å². The molecule has 0 aromatic carbocycles. The molecule has 6 nitrogen and oxygen atoms in total. The summed E-state index contributed by atoms with van der Waals surface area (Å²) in [5.74, 6) is 0.171. The van der Waals surface area contributed by atoms with Crippen LogP contribution in [0.2, 0.25) is 0 Å². The molecule has 3 aliphatic heterocycles. The van der Waals surface area contributed by atoms with E-state index in [4.69, 9.17) is 14.0 Å². The maximum absolute atomic E-state index is 6.19. The lowest BCUT2D eigenvalue weighted by atomic mass is 9.73. The monoisotopic (exact) mass is 311 g/mol. The van der Waals surface area contributed by atoms with Crippen molar-refractivity contribution >= 4 is 7.12 Å². The third-order valence-corrected chi connectivity index (χ3v) is 5.65. The van der Waals surface area contributed by atoms with Crippen LogP contribution in [0.1, 0.15) is 47.0 Å². The molecule has 3 saturated heterocycles. The average Bonchev–Trinajstić information content (AvgIpc) is 3.05. The van der Waals surface area contributed by atoms with Crippen molar-refractivity contribution in [3.8, 4) is 0 Å². The Morgan fingerprint density at radius 3 is 2.36 bits per heavy atom. The number of piperidine rings is 1. The minimum atomic E-state index is -0.282. The van der Waals surface area contributed by atoms with Gasteiger partial charge in [0.15, 0.2) is 0 Å². The number of hydrogen-bond acceptors (Lipinski definition) is 6. The van der Waals surface area contributed by atoms with Crippen LogP contribution >= 0.6 is 0 Å². The Labute approximate surface area is 134 Å². The van der Waals surface area contributed by atoms with Gasteiger partial charge in [0, 0.05) is 26.1 Å². The van der Waals surface area contributed by atoms with Crippen molar-refractivity contribution in [3.05, 3.63) is 0 Å². The van der Waals surface area contributed by atoms with E-state index in [0.29, 0.717) is 6.04 Å². The predicted octanol–water partition coefficient (Wildman–Crippen LogP) is 0.921. The topological polar surface area (TPSA) is 55.0 Å². The highest BCUT2D eigenvalue weighted by Crippen LogP contribution is 2.38. The zero-order valence-corrected chi connectivity index (χ0v) is 14.5. The van der Waals surface area contributed by atoms with Gasteiger partial charge in [-0.2, -0.15) is 0 Å². The number of ether oxygens (including phenoxy) is 1. The van der Waals surface area contributed by atoms with Crippen LogP contribution in [0.25, 0.3) is 0 Å². The summed E-state index contributed by atoms with van der Waals surface area (Å²) in [4.78, 5) is 0. The van der Waals surface area contributed by atoms with Gasteiger partial charge in [0.1, 0.15) is 6.23 Å². The minimum Gasteiger partial charge on any atom is -0.402 e. The second-order valence-electron chi connectivity index (χ2n) is 7.65. The Balaban J connectivity index is 1.64. The van der Waals surface area contributed by atoms with Crippen LogP contribution in [0.5, 0.6) is 0 Å². The first-order valence-electron chi connectivity index (χ1n) is 8.49. The second kappa shape index (κ2) is 6.04. The molecule has 0 saturated carbocycles. The number of rotatable bonds is 3. The standard InChI is InChI=1S/C15H30BN3O3/c1-14(2)15(3,4)22-16(21-14)12-8-7-11(13(18-12)20-5)19-10-6-9-17-19/h11-13,17-18H,6-10H2,1-5H3. The fraction of sp³-hybridized carbons (Fsp3) is 1.00. The van der Waals surface area contributed by atoms with Gasteiger partial charge in [0.05, 0.1) is 17.2 Å². The number of nitrogens with zero attached hydrogens (tertiary/aromatic N) is 1. The van der Waals surface area contributed by atoms with Crippen molar-refractivity contribution in [2.45, 2.75) is 76.4 Å². The SMILES string of the molecule is COC1NC(B2OC(C)(C)C(C)(C)O2)CCC1N1CCCN1. The van der Waals surface area contributed by atoms with Gasteiger partial charge >= 0.3 is 7.12 Å². The molecule has 0 aromatic rings. The summed E-state index contributed by atoms with van der Waals surface area (Å²) >= 11 is 0. The third-order valence-electron chi connectivity index (χ3n) is 5.65. The summed E-state index contributed by atoms with van der Waals surface area (Å²) in [5.41, 5.74) is 2.89. The van der Waals surface area contributed by atoms with Gasteiger partial charge < -0.3 is 14.0 Å². The molecule has 2 N–H and O–H groups in total. The molecular weight excluding hydrogens is 281 g/mol. The number of hydrazine groups is 1. The van der Waals surface area contributed by atoms with Crippen LogP contribution < -0.4 is 10.7 Å². The molecule has 3 heterocycles. The van der Waals surface area contributed by atoms with Crippen LogP contribution in [-0.4, -0.2) is 61.7 Å². The Morgan fingerprint density at radius 1 is 1.14 bits per heavy atom. The fourth-order valence-electron chi connectivity index (χ4n) is 3.55. The number of nitrogens with one attached hydrogen (secondary N) is 2. The number of methoxy groups -OCH3 is 1. The molecule has 22 heavy (non-hydrogen) atoms. The van der Waals surface area contributed by atoms with Crippen LogP contribution in [0.15, 0.2) is 0 Å². The van der Waals surface area contributed by atoms with E-state index in [1.807, 2.05) is 0 Å². The molecule has 0 amide bonds. The molecule has 3 fully saturated rings. The largest absolute Gasteiger partial charge is 0.476 e. The molecule has 7 heteroatoms. The highest BCUT2D eigenvalue weighted by molar-refractivity contribution is 6.47. The van der Waals surface area contributed by atoms with Crippen LogP contribution in [0.3, 0.4) is 0 Å². The quantitative estimate of drug-likeness (QED) is 0.756. The van der Waals surface area contributed by atoms with Gasteiger partial charge in [-0.1, -0.05) is 0 Å². The van der Waals surface area contributed by atoms with Gasteiger partial charge in [0.2, 0.25) is 0 Å². The second-order valence-corrected chi connectivity index (χ2v) is 7.65. The summed E-state index contributed by atoms with van der Waals surface area (Å²) < 4.78 is 18.1. The Morgan fingerprint density at radius 2 is 1.82 bits per heavy atom. The average molecular weight is 311 g/mol. The fourth-order valence-corrected chi connectivity index (χ4v) is 3.55. The van der Waals surface area contributed by atoms with Crippen LogP contribution in [0.4, 0.5) is 0 Å². The first-order chi connectivity index (χ1) is 10.3. The van der Waals surface area contributed by atoms with E-state index in [0.717, 1.165) is 25.9 Å². The van der Waals surface area contributed by atoms with E-state index in [2.05, 4.69) is 43.4 Å². The van der Waals surface area contributed by atoms with Crippen LogP contribution in [-0.2, 0) is 14.0 Å². The normalized spacial score (nSPS) is 38.6. The molecular formula is C15H30BN3O3. The maximum Gasteiger partial charge on any atom is 0.476 e. The Bertz CT molecular complexity index is 385. The van der Waals surface area contributed by atoms with Crippen LogP contribution in [0, 0.1) is 0 Å². The van der Waals surface area contributed by atoms with E-state index in [1.54, 1.807) is 7.11 Å². The molecule has 0 bridgehead atoms. The third kappa shape index (κ3) is 2.95. The lowest BCUT2D eigenvalue weighted by Crippen LogP contribution is -2.62. The molecule has 3 atom stereocenters. The lowest BCUT2D eigenvalue weighted by molar-refractivity contribution is -0.0398. The van der Waals surface area contributed by atoms with Gasteiger partial charge in [-0.3, -0.25) is 10.7 Å². The van der Waals surface area contributed by atoms with Gasteiger partial charge in [-0.15, -0.1) is 0 Å². The lowest BCUT2D eigenvalue weighted by Gasteiger charge is -2.41. The van der Waals surface area contributed by atoms with Gasteiger partial charge in [0.25, 0.3) is 0 Å². The maximum atomic E-state index is 6.19. The zero-order valence-electron chi connectivity index (χ0n) is 14.5. The van der Waals surface area contributed by atoms with Crippen molar-refractivity contribution in [3.63, 3.8) is 0 Å². The highest BCUT2D eigenvalue weighted by atomic mass is 16.7. The molecule has 0 spiro atoms. The van der Waals surface area contributed by atoms with Crippen molar-refractivity contribution in [2.24, 2.45) is 0 Å². The zero-order chi connectivity index (χ0) is 16.0.